The molecule has 0 aromatic heterocycles. The minimum atomic E-state index is 1.10. The number of nitrogens with one attached hydrogen (secondary N) is 1. The summed E-state index contributed by atoms with van der Waals surface area (Å²) in [6.45, 7) is 0. The third kappa shape index (κ3) is 3.39. The van der Waals surface area contributed by atoms with E-state index in [4.69, 9.17) is 0 Å². The lowest BCUT2D eigenvalue weighted by Gasteiger charge is -2.18. The SMILES string of the molecule is c1ccc(-c2ccccc2Nc2c(-c3ccccc3)ccc3ccccc23)cc1. The number of rotatable bonds is 4. The number of benzene rings is 5. The molecule has 0 amide bonds. The Morgan fingerprint density at radius 1 is 0.414 bits per heavy atom. The fraction of sp³-hybridized carbons (Fsp3) is 0. The van der Waals surface area contributed by atoms with E-state index < -0.39 is 0 Å². The van der Waals surface area contributed by atoms with Crippen LogP contribution in [-0.4, -0.2) is 0 Å². The van der Waals surface area contributed by atoms with Crippen molar-refractivity contribution in [2.24, 2.45) is 0 Å². The van der Waals surface area contributed by atoms with Gasteiger partial charge in [0.15, 0.2) is 0 Å². The largest absolute Gasteiger partial charge is 0.354 e. The number of hydrogen-bond acceptors (Lipinski definition) is 1. The predicted molar refractivity (Wildman–Crippen MR) is 125 cm³/mol. The quantitative estimate of drug-likeness (QED) is 0.338. The monoisotopic (exact) mass is 371 g/mol. The molecule has 0 spiro atoms. The lowest BCUT2D eigenvalue weighted by atomic mass is 9.97. The molecule has 0 saturated carbocycles. The summed E-state index contributed by atoms with van der Waals surface area (Å²) in [6.07, 6.45) is 0. The van der Waals surface area contributed by atoms with Crippen LogP contribution in [0.2, 0.25) is 0 Å². The zero-order chi connectivity index (χ0) is 19.5. The van der Waals surface area contributed by atoms with Crippen LogP contribution in [0.4, 0.5) is 11.4 Å². The topological polar surface area (TPSA) is 12.0 Å². The first-order valence-corrected chi connectivity index (χ1v) is 9.89. The van der Waals surface area contributed by atoms with Gasteiger partial charge < -0.3 is 5.32 Å². The normalized spacial score (nSPS) is 10.8. The third-order valence-corrected chi connectivity index (χ3v) is 5.29. The first-order chi connectivity index (χ1) is 14.4. The van der Waals surface area contributed by atoms with Crippen molar-refractivity contribution in [3.63, 3.8) is 0 Å². The van der Waals surface area contributed by atoms with Crippen LogP contribution >= 0.6 is 0 Å². The predicted octanol–water partition coefficient (Wildman–Crippen LogP) is 7.92. The minimum Gasteiger partial charge on any atom is -0.354 e. The minimum absolute atomic E-state index is 1.10. The van der Waals surface area contributed by atoms with Gasteiger partial charge in [-0.2, -0.15) is 0 Å². The van der Waals surface area contributed by atoms with E-state index in [1.165, 1.54) is 33.0 Å². The van der Waals surface area contributed by atoms with Crippen LogP contribution in [0.25, 0.3) is 33.0 Å². The Balaban J connectivity index is 1.71. The van der Waals surface area contributed by atoms with E-state index in [1.54, 1.807) is 0 Å². The van der Waals surface area contributed by atoms with Crippen molar-refractivity contribution in [2.75, 3.05) is 5.32 Å². The lowest BCUT2D eigenvalue weighted by Crippen LogP contribution is -1.97. The Bertz CT molecular complexity index is 1260. The molecule has 5 rings (SSSR count). The maximum atomic E-state index is 3.78. The van der Waals surface area contributed by atoms with Gasteiger partial charge in [0, 0.05) is 22.2 Å². The molecule has 138 valence electrons. The third-order valence-electron chi connectivity index (χ3n) is 5.29. The van der Waals surface area contributed by atoms with Crippen LogP contribution in [0.3, 0.4) is 0 Å². The average Bonchev–Trinajstić information content (AvgIpc) is 2.81. The fourth-order valence-corrected chi connectivity index (χ4v) is 3.86. The summed E-state index contributed by atoms with van der Waals surface area (Å²) in [5.41, 5.74) is 7.05. The molecule has 0 saturated heterocycles. The maximum Gasteiger partial charge on any atom is 0.0543 e. The standard InChI is InChI=1S/C28H21N/c1-3-11-21(12-4-1)24-16-9-10-18-27(24)29-28-25-17-8-7-15-23(25)19-20-26(28)22-13-5-2-6-14-22/h1-20,29H. The Kier molecular flexibility index (Phi) is 4.56. The van der Waals surface area contributed by atoms with Gasteiger partial charge in [-0.05, 0) is 22.6 Å². The number of hydrogen-bond donors (Lipinski definition) is 1. The summed E-state index contributed by atoms with van der Waals surface area (Å²) in [7, 11) is 0. The molecule has 5 aromatic rings. The molecule has 0 atom stereocenters. The lowest BCUT2D eigenvalue weighted by molar-refractivity contribution is 1.54. The number of anilines is 2. The van der Waals surface area contributed by atoms with Crippen molar-refractivity contribution < 1.29 is 0 Å². The zero-order valence-electron chi connectivity index (χ0n) is 16.0. The smallest absolute Gasteiger partial charge is 0.0543 e. The summed E-state index contributed by atoms with van der Waals surface area (Å²) < 4.78 is 0. The van der Waals surface area contributed by atoms with Gasteiger partial charge in [0.1, 0.15) is 0 Å². The summed E-state index contributed by atoms with van der Waals surface area (Å²) in [4.78, 5) is 0. The molecular formula is C28H21N. The second kappa shape index (κ2) is 7.65. The Morgan fingerprint density at radius 3 is 1.76 bits per heavy atom. The average molecular weight is 371 g/mol. The summed E-state index contributed by atoms with van der Waals surface area (Å²) in [5, 5.41) is 6.23. The van der Waals surface area contributed by atoms with Crippen LogP contribution in [0.1, 0.15) is 0 Å². The number of para-hydroxylation sites is 1. The van der Waals surface area contributed by atoms with E-state index in [0.29, 0.717) is 0 Å². The van der Waals surface area contributed by atoms with Crippen molar-refractivity contribution in [3.8, 4) is 22.3 Å². The Hall–Kier alpha value is -3.84. The van der Waals surface area contributed by atoms with Gasteiger partial charge in [-0.15, -0.1) is 0 Å². The van der Waals surface area contributed by atoms with Gasteiger partial charge in [0.05, 0.1) is 5.69 Å². The molecule has 0 aliphatic heterocycles. The molecule has 29 heavy (non-hydrogen) atoms. The van der Waals surface area contributed by atoms with Gasteiger partial charge in [-0.25, -0.2) is 0 Å². The second-order valence-electron chi connectivity index (χ2n) is 7.11. The van der Waals surface area contributed by atoms with E-state index in [1.807, 2.05) is 0 Å². The molecule has 1 nitrogen and oxygen atoms in total. The maximum absolute atomic E-state index is 3.78. The molecular weight excluding hydrogens is 350 g/mol. The van der Waals surface area contributed by atoms with Gasteiger partial charge in [-0.3, -0.25) is 0 Å². The molecule has 0 heterocycles. The molecule has 0 aliphatic rings. The summed E-state index contributed by atoms with van der Waals surface area (Å²) >= 11 is 0. The van der Waals surface area contributed by atoms with Gasteiger partial charge in [-0.1, -0.05) is 115 Å². The zero-order valence-corrected chi connectivity index (χ0v) is 16.0. The van der Waals surface area contributed by atoms with E-state index in [9.17, 15) is 0 Å². The first kappa shape index (κ1) is 17.3. The van der Waals surface area contributed by atoms with Crippen LogP contribution in [0.5, 0.6) is 0 Å². The van der Waals surface area contributed by atoms with E-state index >= 15 is 0 Å². The van der Waals surface area contributed by atoms with E-state index in [2.05, 4.69) is 127 Å². The molecule has 0 radical (unpaired) electrons. The molecule has 1 heteroatoms. The van der Waals surface area contributed by atoms with Crippen molar-refractivity contribution in [3.05, 3.63) is 121 Å². The fourth-order valence-electron chi connectivity index (χ4n) is 3.86. The highest BCUT2D eigenvalue weighted by Gasteiger charge is 2.12. The van der Waals surface area contributed by atoms with E-state index in [-0.39, 0.29) is 0 Å². The van der Waals surface area contributed by atoms with Crippen molar-refractivity contribution in [1.29, 1.82) is 0 Å². The van der Waals surface area contributed by atoms with Crippen LogP contribution in [0.15, 0.2) is 121 Å². The van der Waals surface area contributed by atoms with Gasteiger partial charge in [0.2, 0.25) is 0 Å². The molecule has 0 aliphatic carbocycles. The first-order valence-electron chi connectivity index (χ1n) is 9.89. The van der Waals surface area contributed by atoms with Crippen molar-refractivity contribution in [2.45, 2.75) is 0 Å². The van der Waals surface area contributed by atoms with E-state index in [0.717, 1.165) is 11.4 Å². The van der Waals surface area contributed by atoms with Crippen molar-refractivity contribution >= 4 is 22.1 Å². The highest BCUT2D eigenvalue weighted by atomic mass is 14.9. The second-order valence-corrected chi connectivity index (χ2v) is 7.11. The Morgan fingerprint density at radius 2 is 1.00 bits per heavy atom. The summed E-state index contributed by atoms with van der Waals surface area (Å²) in [5.74, 6) is 0. The molecule has 0 bridgehead atoms. The van der Waals surface area contributed by atoms with Crippen LogP contribution in [-0.2, 0) is 0 Å². The molecule has 0 unspecified atom stereocenters. The summed E-state index contributed by atoms with van der Waals surface area (Å²) in [6, 6.07) is 42.6. The van der Waals surface area contributed by atoms with Crippen LogP contribution < -0.4 is 5.32 Å². The molecule has 0 fully saturated rings. The molecule has 5 aromatic carbocycles. The van der Waals surface area contributed by atoms with Gasteiger partial charge in [0.25, 0.3) is 0 Å². The molecule has 1 N–H and O–H groups in total. The highest BCUT2D eigenvalue weighted by Crippen LogP contribution is 2.39. The van der Waals surface area contributed by atoms with Crippen LogP contribution in [0, 0.1) is 0 Å². The number of fused-ring (bicyclic) bond motifs is 1. The highest BCUT2D eigenvalue weighted by molar-refractivity contribution is 6.04. The van der Waals surface area contributed by atoms with Crippen molar-refractivity contribution in [1.82, 2.24) is 0 Å². The Labute approximate surface area is 171 Å². The van der Waals surface area contributed by atoms with Gasteiger partial charge >= 0.3 is 0 Å².